The third kappa shape index (κ3) is 2.66. The van der Waals surface area contributed by atoms with Crippen LogP contribution < -0.4 is 5.73 Å². The van der Waals surface area contributed by atoms with E-state index in [0.717, 1.165) is 11.3 Å². The van der Waals surface area contributed by atoms with Gasteiger partial charge in [-0.3, -0.25) is 4.79 Å². The van der Waals surface area contributed by atoms with Crippen LogP contribution >= 0.6 is 0 Å². The van der Waals surface area contributed by atoms with Crippen molar-refractivity contribution in [3.05, 3.63) is 47.5 Å². The molecule has 1 aromatic heterocycles. The SMILES string of the molecule is CC(C)(C)c1nnccc1-c1ccc(F)c(C(N)=O)c1. The number of carbonyl (C=O) groups is 1. The molecule has 0 aliphatic rings. The Bertz CT molecular complexity index is 662. The van der Waals surface area contributed by atoms with E-state index in [4.69, 9.17) is 5.73 Å². The van der Waals surface area contributed by atoms with Gasteiger partial charge in [-0.1, -0.05) is 26.8 Å². The summed E-state index contributed by atoms with van der Waals surface area (Å²) in [6.07, 6.45) is 1.57. The summed E-state index contributed by atoms with van der Waals surface area (Å²) in [7, 11) is 0. The van der Waals surface area contributed by atoms with Crippen molar-refractivity contribution in [2.75, 3.05) is 0 Å². The number of halogens is 1. The molecule has 0 aliphatic carbocycles. The largest absolute Gasteiger partial charge is 0.366 e. The van der Waals surface area contributed by atoms with Crippen LogP contribution in [0.2, 0.25) is 0 Å². The maximum atomic E-state index is 13.5. The second kappa shape index (κ2) is 5.00. The normalized spacial score (nSPS) is 11.4. The maximum Gasteiger partial charge on any atom is 0.251 e. The third-order valence-corrected chi connectivity index (χ3v) is 2.97. The molecule has 0 fully saturated rings. The molecule has 0 radical (unpaired) electrons. The van der Waals surface area contributed by atoms with E-state index in [1.165, 1.54) is 12.1 Å². The Morgan fingerprint density at radius 1 is 1.25 bits per heavy atom. The molecule has 0 unspecified atom stereocenters. The predicted molar refractivity (Wildman–Crippen MR) is 74.6 cm³/mol. The number of hydrogen-bond donors (Lipinski definition) is 1. The minimum atomic E-state index is -0.788. The number of nitrogens with two attached hydrogens (primary N) is 1. The average Bonchev–Trinajstić information content (AvgIpc) is 2.38. The fourth-order valence-electron chi connectivity index (χ4n) is 2.00. The van der Waals surface area contributed by atoms with Crippen LogP contribution in [-0.4, -0.2) is 16.1 Å². The number of hydrogen-bond acceptors (Lipinski definition) is 3. The molecule has 2 rings (SSSR count). The lowest BCUT2D eigenvalue weighted by atomic mass is 9.86. The molecule has 1 aromatic carbocycles. The molecule has 0 aliphatic heterocycles. The Labute approximate surface area is 116 Å². The van der Waals surface area contributed by atoms with E-state index >= 15 is 0 Å². The lowest BCUT2D eigenvalue weighted by Gasteiger charge is -2.20. The molecule has 0 bridgehead atoms. The van der Waals surface area contributed by atoms with E-state index in [1.807, 2.05) is 20.8 Å². The van der Waals surface area contributed by atoms with Crippen molar-refractivity contribution in [3.8, 4) is 11.1 Å². The van der Waals surface area contributed by atoms with E-state index in [1.54, 1.807) is 18.3 Å². The van der Waals surface area contributed by atoms with E-state index in [9.17, 15) is 9.18 Å². The van der Waals surface area contributed by atoms with Crippen molar-refractivity contribution in [1.82, 2.24) is 10.2 Å². The van der Waals surface area contributed by atoms with E-state index in [0.29, 0.717) is 5.56 Å². The zero-order chi connectivity index (χ0) is 14.9. The molecule has 4 nitrogen and oxygen atoms in total. The maximum absolute atomic E-state index is 13.5. The summed E-state index contributed by atoms with van der Waals surface area (Å²) < 4.78 is 13.5. The summed E-state index contributed by atoms with van der Waals surface area (Å²) in [4.78, 5) is 11.2. The lowest BCUT2D eigenvalue weighted by molar-refractivity contribution is 0.0996. The number of amides is 1. The highest BCUT2D eigenvalue weighted by molar-refractivity contribution is 5.94. The van der Waals surface area contributed by atoms with E-state index in [-0.39, 0.29) is 11.0 Å². The van der Waals surface area contributed by atoms with Crippen molar-refractivity contribution in [2.45, 2.75) is 26.2 Å². The summed E-state index contributed by atoms with van der Waals surface area (Å²) in [6.45, 7) is 6.04. The molecule has 0 spiro atoms. The highest BCUT2D eigenvalue weighted by atomic mass is 19.1. The fraction of sp³-hybridized carbons (Fsp3) is 0.267. The Balaban J connectivity index is 2.64. The predicted octanol–water partition coefficient (Wildman–Crippen LogP) is 2.68. The minimum Gasteiger partial charge on any atom is -0.366 e. The molecular formula is C15H16FN3O. The highest BCUT2D eigenvalue weighted by Gasteiger charge is 2.21. The first kappa shape index (κ1) is 14.1. The van der Waals surface area contributed by atoms with E-state index < -0.39 is 11.7 Å². The zero-order valence-electron chi connectivity index (χ0n) is 11.6. The topological polar surface area (TPSA) is 68.9 Å². The second-order valence-electron chi connectivity index (χ2n) is 5.60. The van der Waals surface area contributed by atoms with Gasteiger partial charge in [-0.05, 0) is 23.8 Å². The van der Waals surface area contributed by atoms with Gasteiger partial charge in [-0.2, -0.15) is 10.2 Å². The summed E-state index contributed by atoms with van der Waals surface area (Å²) >= 11 is 0. The molecule has 1 amide bonds. The number of benzene rings is 1. The highest BCUT2D eigenvalue weighted by Crippen LogP contribution is 2.31. The molecule has 0 saturated heterocycles. The minimum absolute atomic E-state index is 0.126. The van der Waals surface area contributed by atoms with Gasteiger partial charge >= 0.3 is 0 Å². The van der Waals surface area contributed by atoms with Crippen LogP contribution in [0.15, 0.2) is 30.5 Å². The van der Waals surface area contributed by atoms with Crippen LogP contribution in [0.1, 0.15) is 36.8 Å². The first-order valence-electron chi connectivity index (χ1n) is 6.22. The molecule has 0 saturated carbocycles. The van der Waals surface area contributed by atoms with Gasteiger partial charge in [-0.15, -0.1) is 0 Å². The molecule has 20 heavy (non-hydrogen) atoms. The molecule has 5 heteroatoms. The van der Waals surface area contributed by atoms with Gasteiger partial charge in [0, 0.05) is 11.0 Å². The number of primary amides is 1. The van der Waals surface area contributed by atoms with Gasteiger partial charge in [0.15, 0.2) is 0 Å². The third-order valence-electron chi connectivity index (χ3n) is 2.97. The molecular weight excluding hydrogens is 257 g/mol. The van der Waals surface area contributed by atoms with E-state index in [2.05, 4.69) is 10.2 Å². The molecule has 2 aromatic rings. The monoisotopic (exact) mass is 273 g/mol. The number of carbonyl (C=O) groups excluding carboxylic acids is 1. The van der Waals surface area contributed by atoms with Crippen LogP contribution in [0.5, 0.6) is 0 Å². The standard InChI is InChI=1S/C15H16FN3O/c1-15(2,3)13-10(6-7-18-19-13)9-4-5-12(16)11(8-9)14(17)20/h4-8H,1-3H3,(H2,17,20). The van der Waals surface area contributed by atoms with Crippen molar-refractivity contribution < 1.29 is 9.18 Å². The average molecular weight is 273 g/mol. The molecule has 104 valence electrons. The molecule has 1 heterocycles. The lowest BCUT2D eigenvalue weighted by Crippen LogP contribution is -2.16. The Hall–Kier alpha value is -2.30. The first-order valence-corrected chi connectivity index (χ1v) is 6.22. The van der Waals surface area contributed by atoms with Crippen LogP contribution in [0, 0.1) is 5.82 Å². The van der Waals surface area contributed by atoms with Gasteiger partial charge in [0.05, 0.1) is 17.5 Å². The number of aromatic nitrogens is 2. The molecule has 2 N–H and O–H groups in total. The summed E-state index contributed by atoms with van der Waals surface area (Å²) in [5, 5.41) is 8.06. The summed E-state index contributed by atoms with van der Waals surface area (Å²) in [5.74, 6) is -1.41. The van der Waals surface area contributed by atoms with Gasteiger partial charge in [0.1, 0.15) is 5.82 Å². The number of rotatable bonds is 2. The Morgan fingerprint density at radius 2 is 1.95 bits per heavy atom. The summed E-state index contributed by atoms with van der Waals surface area (Å²) in [5.41, 5.74) is 7.12. The van der Waals surface area contributed by atoms with Crippen molar-refractivity contribution in [3.63, 3.8) is 0 Å². The van der Waals surface area contributed by atoms with Crippen molar-refractivity contribution in [1.29, 1.82) is 0 Å². The quantitative estimate of drug-likeness (QED) is 0.914. The summed E-state index contributed by atoms with van der Waals surface area (Å²) in [6, 6.07) is 6.09. The molecule has 0 atom stereocenters. The van der Waals surface area contributed by atoms with Crippen LogP contribution in [0.3, 0.4) is 0 Å². The van der Waals surface area contributed by atoms with Gasteiger partial charge in [0.2, 0.25) is 0 Å². The van der Waals surface area contributed by atoms with Crippen LogP contribution in [0.4, 0.5) is 4.39 Å². The number of nitrogens with zero attached hydrogens (tertiary/aromatic N) is 2. The Kier molecular flexibility index (Phi) is 3.53. The Morgan fingerprint density at radius 3 is 2.55 bits per heavy atom. The van der Waals surface area contributed by atoms with Gasteiger partial charge in [0.25, 0.3) is 5.91 Å². The second-order valence-corrected chi connectivity index (χ2v) is 5.60. The van der Waals surface area contributed by atoms with Crippen LogP contribution in [-0.2, 0) is 5.41 Å². The van der Waals surface area contributed by atoms with Gasteiger partial charge in [-0.25, -0.2) is 4.39 Å². The fourth-order valence-corrected chi connectivity index (χ4v) is 2.00. The first-order chi connectivity index (χ1) is 9.30. The van der Waals surface area contributed by atoms with Crippen LogP contribution in [0.25, 0.3) is 11.1 Å². The smallest absolute Gasteiger partial charge is 0.251 e. The van der Waals surface area contributed by atoms with Gasteiger partial charge < -0.3 is 5.73 Å². The zero-order valence-corrected chi connectivity index (χ0v) is 11.6. The van der Waals surface area contributed by atoms with Crippen molar-refractivity contribution in [2.24, 2.45) is 5.73 Å². The van der Waals surface area contributed by atoms with Crippen molar-refractivity contribution >= 4 is 5.91 Å².